The Labute approximate surface area is 340 Å². The third kappa shape index (κ3) is 6.73. The molecular weight excluding hydrogens is 699 g/mol. The number of nitrogens with zero attached hydrogens (tertiary/aromatic N) is 5. The smallest absolute Gasteiger partial charge is 0.299 e. The van der Waals surface area contributed by atoms with E-state index in [0.717, 1.165) is 95.1 Å². The monoisotopic (exact) mass is 756 g/mol. The van der Waals surface area contributed by atoms with E-state index in [4.69, 9.17) is 19.4 Å². The molecule has 57 heavy (non-hydrogen) atoms. The van der Waals surface area contributed by atoms with E-state index < -0.39 is 11.8 Å². The topological polar surface area (TPSA) is 60.6 Å². The van der Waals surface area contributed by atoms with Gasteiger partial charge in [0.2, 0.25) is 0 Å². The molecule has 0 saturated heterocycles. The lowest BCUT2D eigenvalue weighted by molar-refractivity contribution is -0.633. The molecule has 3 aromatic heterocycles. The van der Waals surface area contributed by atoms with Crippen LogP contribution in [0.15, 0.2) is 102 Å². The van der Waals surface area contributed by atoms with Crippen LogP contribution in [-0.4, -0.2) is 19.5 Å². The molecule has 1 aliphatic carbocycles. The summed E-state index contributed by atoms with van der Waals surface area (Å²) in [5.74, 6) is 1.11. The first-order valence-electron chi connectivity index (χ1n) is 21.1. The second-order valence-electron chi connectivity index (χ2n) is 18.1. The van der Waals surface area contributed by atoms with E-state index >= 15 is 0 Å². The van der Waals surface area contributed by atoms with Gasteiger partial charge >= 0.3 is 0 Å². The van der Waals surface area contributed by atoms with Gasteiger partial charge in [0, 0.05) is 41.0 Å². The van der Waals surface area contributed by atoms with Crippen LogP contribution < -0.4 is 4.57 Å². The molecule has 6 heteroatoms. The average molecular weight is 757 g/mol. The summed E-state index contributed by atoms with van der Waals surface area (Å²) >= 11 is 0. The summed E-state index contributed by atoms with van der Waals surface area (Å²) in [6.45, 7) is 22.7. The lowest BCUT2D eigenvalue weighted by Gasteiger charge is -2.23. The van der Waals surface area contributed by atoms with Gasteiger partial charge in [-0.3, -0.25) is 0 Å². The summed E-state index contributed by atoms with van der Waals surface area (Å²) in [4.78, 5) is 14.9. The molecular formula is C51H56N5O+. The quantitative estimate of drug-likeness (QED) is 0.159. The predicted molar refractivity (Wildman–Crippen MR) is 237 cm³/mol. The van der Waals surface area contributed by atoms with Crippen LogP contribution in [0.3, 0.4) is 0 Å². The van der Waals surface area contributed by atoms with Gasteiger partial charge < -0.3 is 4.42 Å². The first-order valence-corrected chi connectivity index (χ1v) is 20.1. The number of imidazole rings is 1. The molecule has 0 unspecified atom stereocenters. The maximum atomic E-state index is 9.77. The molecule has 4 aromatic carbocycles. The van der Waals surface area contributed by atoms with Gasteiger partial charge in [-0.05, 0) is 72.2 Å². The Balaban J connectivity index is 1.39. The van der Waals surface area contributed by atoms with Gasteiger partial charge in [-0.2, -0.15) is 4.57 Å². The predicted octanol–water partition coefficient (Wildman–Crippen LogP) is 12.8. The SMILES string of the molecule is [2H]C(C)(C)c1cc(C2=CC=C(c3nc(C(C)(C)C)nc(C(C)(C)C)n3)CC=C2)cc(C([2H])(C)C)c1-n1c(-c2c(C)ccc3c2oc2ccccc23)[n+](C)c2ccccc21. The number of aryl methyl sites for hydroxylation is 2. The summed E-state index contributed by atoms with van der Waals surface area (Å²) in [7, 11) is 2.10. The second-order valence-corrected chi connectivity index (χ2v) is 18.1. The van der Waals surface area contributed by atoms with Gasteiger partial charge in [0.05, 0.1) is 7.05 Å². The number of benzene rings is 4. The van der Waals surface area contributed by atoms with Crippen molar-refractivity contribution in [2.45, 2.75) is 105 Å². The van der Waals surface area contributed by atoms with Gasteiger partial charge in [-0.1, -0.05) is 136 Å². The third-order valence-electron chi connectivity index (χ3n) is 11.1. The van der Waals surface area contributed by atoms with E-state index in [9.17, 15) is 2.74 Å². The van der Waals surface area contributed by atoms with Crippen molar-refractivity contribution in [1.29, 1.82) is 0 Å². The number of para-hydroxylation sites is 3. The Bertz CT molecular complexity index is 2850. The Morgan fingerprint density at radius 1 is 0.772 bits per heavy atom. The molecule has 0 spiro atoms. The zero-order valence-electron chi connectivity index (χ0n) is 37.6. The first-order chi connectivity index (χ1) is 27.6. The van der Waals surface area contributed by atoms with Crippen LogP contribution in [0, 0.1) is 6.92 Å². The highest BCUT2D eigenvalue weighted by Gasteiger charge is 2.34. The van der Waals surface area contributed by atoms with Crippen molar-refractivity contribution in [3.05, 3.63) is 137 Å². The molecule has 0 aliphatic heterocycles. The van der Waals surface area contributed by atoms with Crippen LogP contribution in [0.25, 0.3) is 61.2 Å². The summed E-state index contributed by atoms with van der Waals surface area (Å²) < 4.78 is 30.8. The fourth-order valence-corrected chi connectivity index (χ4v) is 7.97. The van der Waals surface area contributed by atoms with Crippen molar-refractivity contribution < 1.29 is 11.7 Å². The van der Waals surface area contributed by atoms with E-state index in [-0.39, 0.29) is 10.8 Å². The van der Waals surface area contributed by atoms with E-state index in [0.29, 0.717) is 12.2 Å². The van der Waals surface area contributed by atoms with Crippen LogP contribution in [0.4, 0.5) is 0 Å². The molecule has 0 saturated carbocycles. The average Bonchev–Trinajstić information content (AvgIpc) is 3.54. The molecule has 1 aliphatic rings. The zero-order valence-corrected chi connectivity index (χ0v) is 35.6. The van der Waals surface area contributed by atoms with Crippen LogP contribution in [0.5, 0.6) is 0 Å². The van der Waals surface area contributed by atoms with Gasteiger partial charge in [0.25, 0.3) is 5.82 Å². The number of aromatic nitrogens is 5. The van der Waals surface area contributed by atoms with E-state index in [1.165, 1.54) is 0 Å². The van der Waals surface area contributed by atoms with Crippen LogP contribution >= 0.6 is 0 Å². The largest absolute Gasteiger partial charge is 0.455 e. The van der Waals surface area contributed by atoms with Gasteiger partial charge in [-0.15, -0.1) is 0 Å². The molecule has 3 heterocycles. The highest BCUT2D eigenvalue weighted by Crippen LogP contribution is 2.43. The second kappa shape index (κ2) is 14.1. The lowest BCUT2D eigenvalue weighted by Crippen LogP contribution is -2.30. The Hall–Kier alpha value is -5.62. The van der Waals surface area contributed by atoms with Crippen LogP contribution in [-0.2, 0) is 17.9 Å². The molecule has 0 fully saturated rings. The minimum absolute atomic E-state index is 0.236. The highest BCUT2D eigenvalue weighted by atomic mass is 16.3. The summed E-state index contributed by atoms with van der Waals surface area (Å²) in [5.41, 5.74) is 10.7. The standard InChI is InChI=1S/C51H56N5O/c1-30(2)38-28-35(33-18-17-19-34(26-25-33)46-52-48(50(6,7)8)54-49(53-46)51(9,10)11)29-39(31(3)4)44(38)56-41-22-15-14-21-40(41)55(12)47(56)43-32(5)24-27-37-36-20-13-16-23-42(36)57-45(37)43/h13-18,20-31H,19H2,1-12H3/q+1/i30D,31D. The maximum absolute atomic E-state index is 9.77. The van der Waals surface area contributed by atoms with E-state index in [1.54, 1.807) is 0 Å². The van der Waals surface area contributed by atoms with Crippen molar-refractivity contribution in [2.24, 2.45) is 7.05 Å². The first kappa shape index (κ1) is 35.8. The van der Waals surface area contributed by atoms with E-state index in [1.807, 2.05) is 39.8 Å². The molecule has 0 N–H and O–H groups in total. The molecule has 0 radical (unpaired) electrons. The number of rotatable bonds is 6. The molecule has 6 nitrogen and oxygen atoms in total. The molecule has 7 aromatic rings. The molecule has 8 rings (SSSR count). The number of furan rings is 1. The summed E-state index contributed by atoms with van der Waals surface area (Å²) in [6, 6.07) is 25.3. The summed E-state index contributed by atoms with van der Waals surface area (Å²) in [5, 5.41) is 2.12. The zero-order chi connectivity index (χ0) is 42.4. The molecule has 290 valence electrons. The van der Waals surface area contributed by atoms with Crippen molar-refractivity contribution >= 4 is 44.1 Å². The fraction of sp³-hybridized carbons (Fsp3) is 0.333. The minimum Gasteiger partial charge on any atom is -0.455 e. The number of fused-ring (bicyclic) bond motifs is 4. The van der Waals surface area contributed by atoms with Crippen LogP contribution in [0.1, 0.15) is 130 Å². The molecule has 0 atom stereocenters. The summed E-state index contributed by atoms with van der Waals surface area (Å²) in [6.07, 6.45) is 9.24. The third-order valence-corrected chi connectivity index (χ3v) is 11.1. The number of hydrogen-bond acceptors (Lipinski definition) is 4. The minimum atomic E-state index is -1.04. The Morgan fingerprint density at radius 2 is 1.40 bits per heavy atom. The van der Waals surface area contributed by atoms with Crippen molar-refractivity contribution in [1.82, 2.24) is 19.5 Å². The van der Waals surface area contributed by atoms with Crippen LogP contribution in [0.2, 0.25) is 0 Å². The fourth-order valence-electron chi connectivity index (χ4n) is 7.97. The van der Waals surface area contributed by atoms with Crippen molar-refractivity contribution in [3.63, 3.8) is 0 Å². The molecule has 0 amide bonds. The van der Waals surface area contributed by atoms with Gasteiger partial charge in [0.1, 0.15) is 28.5 Å². The normalized spacial score (nSPS) is 14.9. The van der Waals surface area contributed by atoms with Gasteiger partial charge in [-0.25, -0.2) is 19.5 Å². The number of allylic oxidation sites excluding steroid dienone is 6. The van der Waals surface area contributed by atoms with E-state index in [2.05, 4.69) is 150 Å². The number of hydrogen-bond donors (Lipinski definition) is 0. The maximum Gasteiger partial charge on any atom is 0.299 e. The lowest BCUT2D eigenvalue weighted by atomic mass is 9.87. The Kier molecular flexibility index (Phi) is 8.84. The molecule has 0 bridgehead atoms. The van der Waals surface area contributed by atoms with Gasteiger partial charge in [0.15, 0.2) is 22.4 Å². The van der Waals surface area contributed by atoms with Crippen molar-refractivity contribution in [3.8, 4) is 17.1 Å². The Morgan fingerprint density at radius 3 is 2.05 bits per heavy atom. The van der Waals surface area contributed by atoms with Crippen molar-refractivity contribution in [2.75, 3.05) is 0 Å². The highest BCUT2D eigenvalue weighted by molar-refractivity contribution is 6.10.